The summed E-state index contributed by atoms with van der Waals surface area (Å²) in [6, 6.07) is 0. The molecule has 0 saturated heterocycles. The van der Waals surface area contributed by atoms with Gasteiger partial charge in [0.2, 0.25) is 0 Å². The Kier molecular flexibility index (Phi) is 16.0. The normalized spacial score (nSPS) is 11.0. The first-order chi connectivity index (χ1) is 19.4. The van der Waals surface area contributed by atoms with Gasteiger partial charge in [0.05, 0.1) is 30.7 Å². The summed E-state index contributed by atoms with van der Waals surface area (Å²) in [4.78, 5) is 60.8. The van der Waals surface area contributed by atoms with Crippen LogP contribution in [0.4, 0.5) is 0 Å². The van der Waals surface area contributed by atoms with E-state index in [0.717, 1.165) is 0 Å². The first-order valence-electron chi connectivity index (χ1n) is 12.7. The highest BCUT2D eigenvalue weighted by atomic mass is 16.6. The lowest BCUT2D eigenvalue weighted by Crippen LogP contribution is -2.46. The van der Waals surface area contributed by atoms with Gasteiger partial charge >= 0.3 is 29.8 Å². The Balaban J connectivity index is 6.27. The SMILES string of the molecule is C=C(C)C(=O)OCC(CO)(COCC(COC(=O)C(=C)C)(COC(=O)C(=C)C)COC(=O)C(=C)C)COC(=O)C(=C)C. The highest BCUT2D eigenvalue weighted by Crippen LogP contribution is 2.26. The van der Waals surface area contributed by atoms with E-state index in [1.807, 2.05) is 0 Å². The van der Waals surface area contributed by atoms with Crippen LogP contribution in [0.5, 0.6) is 0 Å². The largest absolute Gasteiger partial charge is 0.461 e. The molecular weight excluding hydrogens is 552 g/mol. The Morgan fingerprint density at radius 1 is 0.452 bits per heavy atom. The number of aliphatic hydroxyl groups is 1. The van der Waals surface area contributed by atoms with Crippen molar-refractivity contribution in [2.24, 2.45) is 10.8 Å². The van der Waals surface area contributed by atoms with Crippen molar-refractivity contribution in [2.75, 3.05) is 52.9 Å². The van der Waals surface area contributed by atoms with Crippen LogP contribution in [0, 0.1) is 10.8 Å². The summed E-state index contributed by atoms with van der Waals surface area (Å²) >= 11 is 0. The topological polar surface area (TPSA) is 161 Å². The van der Waals surface area contributed by atoms with Crippen molar-refractivity contribution >= 4 is 29.8 Å². The molecule has 42 heavy (non-hydrogen) atoms. The number of carbonyl (C=O) groups is 5. The Morgan fingerprint density at radius 2 is 0.667 bits per heavy atom. The summed E-state index contributed by atoms with van der Waals surface area (Å²) in [7, 11) is 0. The maximum absolute atomic E-state index is 12.2. The van der Waals surface area contributed by atoms with Crippen LogP contribution in [-0.2, 0) is 52.4 Å². The van der Waals surface area contributed by atoms with Crippen molar-refractivity contribution in [1.29, 1.82) is 0 Å². The van der Waals surface area contributed by atoms with Gasteiger partial charge in [-0.1, -0.05) is 32.9 Å². The van der Waals surface area contributed by atoms with E-state index in [9.17, 15) is 29.1 Å². The van der Waals surface area contributed by atoms with E-state index < -0.39 is 80.3 Å². The summed E-state index contributed by atoms with van der Waals surface area (Å²) in [5.41, 5.74) is -2.48. The third kappa shape index (κ3) is 13.6. The molecule has 1 N–H and O–H groups in total. The Morgan fingerprint density at radius 3 is 0.881 bits per heavy atom. The lowest BCUT2D eigenvalue weighted by atomic mass is 9.90. The van der Waals surface area contributed by atoms with Gasteiger partial charge in [-0.25, -0.2) is 24.0 Å². The molecule has 0 aromatic carbocycles. The van der Waals surface area contributed by atoms with E-state index in [4.69, 9.17) is 28.4 Å². The van der Waals surface area contributed by atoms with Crippen molar-refractivity contribution < 1.29 is 57.5 Å². The molecule has 0 saturated carbocycles. The van der Waals surface area contributed by atoms with E-state index in [-0.39, 0.29) is 41.1 Å². The minimum Gasteiger partial charge on any atom is -0.461 e. The first-order valence-corrected chi connectivity index (χ1v) is 12.7. The fraction of sp³-hybridized carbons (Fsp3) is 0.500. The number of hydrogen-bond donors (Lipinski definition) is 1. The third-order valence-electron chi connectivity index (χ3n) is 5.44. The number of rotatable bonds is 20. The van der Waals surface area contributed by atoms with Crippen molar-refractivity contribution in [3.8, 4) is 0 Å². The van der Waals surface area contributed by atoms with Crippen LogP contribution < -0.4 is 0 Å². The van der Waals surface area contributed by atoms with Gasteiger partial charge in [-0.2, -0.15) is 0 Å². The summed E-state index contributed by atoms with van der Waals surface area (Å²) in [6.45, 7) is 21.1. The zero-order chi connectivity index (χ0) is 32.7. The lowest BCUT2D eigenvalue weighted by Gasteiger charge is -2.35. The second-order valence-corrected chi connectivity index (χ2v) is 10.4. The number of ether oxygens (including phenoxy) is 6. The number of aliphatic hydroxyl groups excluding tert-OH is 1. The molecule has 0 unspecified atom stereocenters. The quantitative estimate of drug-likeness (QED) is 0.125. The van der Waals surface area contributed by atoms with Crippen LogP contribution in [0.15, 0.2) is 60.8 Å². The van der Waals surface area contributed by atoms with Crippen LogP contribution in [0.2, 0.25) is 0 Å². The lowest BCUT2D eigenvalue weighted by molar-refractivity contribution is -0.168. The molecule has 0 amide bonds. The zero-order valence-electron chi connectivity index (χ0n) is 25.1. The molecule has 0 bridgehead atoms. The maximum Gasteiger partial charge on any atom is 0.333 e. The minimum absolute atomic E-state index is 0.0839. The Bertz CT molecular complexity index is 993. The van der Waals surface area contributed by atoms with Crippen molar-refractivity contribution in [2.45, 2.75) is 34.6 Å². The van der Waals surface area contributed by atoms with Gasteiger partial charge in [-0.3, -0.25) is 0 Å². The van der Waals surface area contributed by atoms with Crippen LogP contribution in [0.3, 0.4) is 0 Å². The molecule has 0 aromatic rings. The fourth-order valence-electron chi connectivity index (χ4n) is 2.71. The molecule has 0 fully saturated rings. The Labute approximate surface area is 246 Å². The highest BCUT2D eigenvalue weighted by molar-refractivity contribution is 5.88. The van der Waals surface area contributed by atoms with E-state index in [0.29, 0.717) is 0 Å². The standard InChI is InChI=1S/C30H42O12/c1-19(2)24(32)38-14-29(11-31,15-39-25(33)20(3)4)12-37-13-30(16-40-26(34)21(5)6,17-41-27(35)22(7)8)18-42-28(36)23(9)10/h31H,1,3,5,7,9,11-18H2,2,4,6,8,10H3. The van der Waals surface area contributed by atoms with Gasteiger partial charge in [0, 0.05) is 27.9 Å². The fourth-order valence-corrected chi connectivity index (χ4v) is 2.71. The summed E-state index contributed by atoms with van der Waals surface area (Å²) in [5.74, 6) is -3.79. The number of carbonyl (C=O) groups excluding carboxylic acids is 5. The van der Waals surface area contributed by atoms with Gasteiger partial charge < -0.3 is 33.5 Å². The maximum atomic E-state index is 12.2. The molecular formula is C30H42O12. The molecule has 0 aliphatic heterocycles. The third-order valence-corrected chi connectivity index (χ3v) is 5.44. The molecule has 234 valence electrons. The molecule has 0 heterocycles. The minimum atomic E-state index is -1.47. The van der Waals surface area contributed by atoms with Crippen LogP contribution in [0.1, 0.15) is 34.6 Å². The van der Waals surface area contributed by atoms with E-state index >= 15 is 0 Å². The van der Waals surface area contributed by atoms with Gasteiger partial charge in [0.15, 0.2) is 0 Å². The Hall–Kier alpha value is -4.03. The van der Waals surface area contributed by atoms with Crippen molar-refractivity contribution in [1.82, 2.24) is 0 Å². The molecule has 12 heteroatoms. The molecule has 0 spiro atoms. The molecule has 0 rings (SSSR count). The zero-order valence-corrected chi connectivity index (χ0v) is 25.1. The molecule has 0 radical (unpaired) electrons. The van der Waals surface area contributed by atoms with Gasteiger partial charge in [-0.05, 0) is 34.6 Å². The monoisotopic (exact) mass is 594 g/mol. The highest BCUT2D eigenvalue weighted by Gasteiger charge is 2.40. The summed E-state index contributed by atoms with van der Waals surface area (Å²) < 4.78 is 32.3. The molecule has 12 nitrogen and oxygen atoms in total. The molecule has 0 atom stereocenters. The second-order valence-electron chi connectivity index (χ2n) is 10.4. The average molecular weight is 595 g/mol. The summed E-state index contributed by atoms with van der Waals surface area (Å²) in [5, 5.41) is 10.3. The van der Waals surface area contributed by atoms with Crippen molar-refractivity contribution in [3.63, 3.8) is 0 Å². The van der Waals surface area contributed by atoms with Gasteiger partial charge in [-0.15, -0.1) is 0 Å². The molecule has 0 aliphatic rings. The second kappa shape index (κ2) is 17.7. The number of esters is 5. The molecule has 0 aliphatic carbocycles. The van der Waals surface area contributed by atoms with Crippen LogP contribution >= 0.6 is 0 Å². The van der Waals surface area contributed by atoms with E-state index in [1.165, 1.54) is 34.6 Å². The first kappa shape index (κ1) is 38.0. The average Bonchev–Trinajstić information content (AvgIpc) is 2.93. The van der Waals surface area contributed by atoms with Gasteiger partial charge in [0.1, 0.15) is 33.0 Å². The van der Waals surface area contributed by atoms with Crippen LogP contribution in [0.25, 0.3) is 0 Å². The van der Waals surface area contributed by atoms with Gasteiger partial charge in [0.25, 0.3) is 0 Å². The number of hydrogen-bond acceptors (Lipinski definition) is 12. The van der Waals surface area contributed by atoms with E-state index in [1.54, 1.807) is 0 Å². The van der Waals surface area contributed by atoms with Crippen molar-refractivity contribution in [3.05, 3.63) is 60.8 Å². The predicted molar refractivity (Wildman–Crippen MR) is 152 cm³/mol. The molecule has 0 aromatic heterocycles. The van der Waals surface area contributed by atoms with Crippen LogP contribution in [-0.4, -0.2) is 87.8 Å². The summed E-state index contributed by atoms with van der Waals surface area (Å²) in [6.07, 6.45) is 0. The predicted octanol–water partition coefficient (Wildman–Crippen LogP) is 2.56. The van der Waals surface area contributed by atoms with E-state index in [2.05, 4.69) is 32.9 Å². The smallest absolute Gasteiger partial charge is 0.333 e.